The number of para-hydroxylation sites is 1. The Morgan fingerprint density at radius 2 is 1.80 bits per heavy atom. The number of nitrogens with one attached hydrogen (secondary N) is 1. The van der Waals surface area contributed by atoms with Crippen LogP contribution in [-0.4, -0.2) is 22.8 Å². The van der Waals surface area contributed by atoms with E-state index >= 15 is 0 Å². The van der Waals surface area contributed by atoms with Gasteiger partial charge < -0.3 is 9.72 Å². The highest BCUT2D eigenvalue weighted by Crippen LogP contribution is 2.23. The van der Waals surface area contributed by atoms with Gasteiger partial charge in [-0.3, -0.25) is 4.79 Å². The second kappa shape index (κ2) is 6.64. The van der Waals surface area contributed by atoms with Crippen molar-refractivity contribution in [2.75, 3.05) is 0 Å². The number of halogens is 3. The van der Waals surface area contributed by atoms with Crippen LogP contribution in [0.15, 0.2) is 42.6 Å². The van der Waals surface area contributed by atoms with Crippen molar-refractivity contribution >= 4 is 34.3 Å². The number of aromatic amines is 1. The van der Waals surface area contributed by atoms with E-state index in [0.717, 1.165) is 5.52 Å². The van der Waals surface area contributed by atoms with Crippen molar-refractivity contribution in [1.29, 1.82) is 0 Å². The third-order valence-electron chi connectivity index (χ3n) is 3.74. The lowest BCUT2D eigenvalue weighted by Crippen LogP contribution is -2.24. The minimum Gasteiger partial charge on any atom is -0.451 e. The van der Waals surface area contributed by atoms with Crippen LogP contribution in [0.5, 0.6) is 0 Å². The van der Waals surface area contributed by atoms with Gasteiger partial charge in [0.15, 0.2) is 17.7 Å². The van der Waals surface area contributed by atoms with Gasteiger partial charge in [-0.25, -0.2) is 13.6 Å². The number of esters is 1. The maximum absolute atomic E-state index is 13.3. The van der Waals surface area contributed by atoms with Gasteiger partial charge in [0.05, 0.1) is 10.6 Å². The first-order chi connectivity index (χ1) is 11.9. The summed E-state index contributed by atoms with van der Waals surface area (Å²) in [6.07, 6.45) is 0.401. The molecule has 128 valence electrons. The van der Waals surface area contributed by atoms with Crippen LogP contribution in [0.3, 0.4) is 0 Å². The van der Waals surface area contributed by atoms with Crippen molar-refractivity contribution in [2.24, 2.45) is 0 Å². The molecule has 0 spiro atoms. The zero-order valence-corrected chi connectivity index (χ0v) is 13.7. The highest BCUT2D eigenvalue weighted by atomic mass is 35.5. The fourth-order valence-electron chi connectivity index (χ4n) is 2.45. The quantitative estimate of drug-likeness (QED) is 0.421. The van der Waals surface area contributed by atoms with Crippen molar-refractivity contribution in [3.8, 4) is 0 Å². The van der Waals surface area contributed by atoms with Crippen LogP contribution in [0, 0.1) is 11.6 Å². The third-order valence-corrected chi connectivity index (χ3v) is 4.05. The molecule has 2 aromatic carbocycles. The zero-order valence-electron chi connectivity index (χ0n) is 13.0. The third kappa shape index (κ3) is 3.25. The van der Waals surface area contributed by atoms with E-state index in [1.54, 1.807) is 12.1 Å². The Morgan fingerprint density at radius 1 is 1.12 bits per heavy atom. The molecule has 0 radical (unpaired) electrons. The number of benzene rings is 2. The Hall–Kier alpha value is -2.73. The highest BCUT2D eigenvalue weighted by molar-refractivity contribution is 6.33. The molecule has 0 aliphatic heterocycles. The monoisotopic (exact) mass is 363 g/mol. The van der Waals surface area contributed by atoms with E-state index in [2.05, 4.69) is 4.98 Å². The maximum atomic E-state index is 13.3. The SMILES string of the molecule is C[C@H](OC(=O)c1cc(F)c(F)cc1Cl)C(=O)c1c[nH]c2ccccc12. The molecule has 1 aromatic heterocycles. The van der Waals surface area contributed by atoms with Gasteiger partial charge in [0.1, 0.15) is 0 Å². The van der Waals surface area contributed by atoms with Crippen LogP contribution in [0.4, 0.5) is 8.78 Å². The maximum Gasteiger partial charge on any atom is 0.340 e. The van der Waals surface area contributed by atoms with E-state index in [1.807, 2.05) is 12.1 Å². The summed E-state index contributed by atoms with van der Waals surface area (Å²) in [6.45, 7) is 1.40. The number of Topliss-reactive ketones (excluding diaryl/α,β-unsaturated/α-hetero) is 1. The predicted molar refractivity (Wildman–Crippen MR) is 88.9 cm³/mol. The molecule has 1 atom stereocenters. The van der Waals surface area contributed by atoms with Crippen LogP contribution in [-0.2, 0) is 4.74 Å². The molecule has 3 aromatic rings. The van der Waals surface area contributed by atoms with Gasteiger partial charge in [-0.15, -0.1) is 0 Å². The average molecular weight is 364 g/mol. The number of hydrogen-bond donors (Lipinski definition) is 1. The van der Waals surface area contributed by atoms with Crippen molar-refractivity contribution in [3.05, 3.63) is 70.4 Å². The van der Waals surface area contributed by atoms with Gasteiger partial charge in [-0.2, -0.15) is 0 Å². The van der Waals surface area contributed by atoms with Gasteiger partial charge >= 0.3 is 5.97 Å². The number of hydrogen-bond acceptors (Lipinski definition) is 3. The van der Waals surface area contributed by atoms with Gasteiger partial charge in [0.25, 0.3) is 0 Å². The molecule has 25 heavy (non-hydrogen) atoms. The van der Waals surface area contributed by atoms with E-state index in [4.69, 9.17) is 16.3 Å². The molecule has 0 amide bonds. The minimum atomic E-state index is -1.23. The Bertz CT molecular complexity index is 984. The first kappa shape index (κ1) is 17.1. The van der Waals surface area contributed by atoms with Gasteiger partial charge in [-0.1, -0.05) is 29.8 Å². The minimum absolute atomic E-state index is 0.296. The molecule has 3 rings (SSSR count). The van der Waals surface area contributed by atoms with Crippen molar-refractivity contribution < 1.29 is 23.1 Å². The smallest absolute Gasteiger partial charge is 0.340 e. The van der Waals surface area contributed by atoms with E-state index in [9.17, 15) is 18.4 Å². The number of carbonyl (C=O) groups is 2. The molecule has 0 aliphatic carbocycles. The number of rotatable bonds is 4. The van der Waals surface area contributed by atoms with Crippen molar-refractivity contribution in [3.63, 3.8) is 0 Å². The van der Waals surface area contributed by atoms with Crippen molar-refractivity contribution in [1.82, 2.24) is 4.98 Å². The van der Waals surface area contributed by atoms with Crippen LogP contribution < -0.4 is 0 Å². The number of ketones is 1. The van der Waals surface area contributed by atoms with E-state index in [0.29, 0.717) is 23.1 Å². The zero-order chi connectivity index (χ0) is 18.1. The molecule has 0 saturated heterocycles. The number of aromatic nitrogens is 1. The lowest BCUT2D eigenvalue weighted by Gasteiger charge is -2.13. The Balaban J connectivity index is 1.82. The molecule has 1 N–H and O–H groups in total. The van der Waals surface area contributed by atoms with E-state index < -0.39 is 29.5 Å². The summed E-state index contributed by atoms with van der Waals surface area (Å²) in [7, 11) is 0. The van der Waals surface area contributed by atoms with Crippen LogP contribution >= 0.6 is 11.6 Å². The second-order valence-electron chi connectivity index (χ2n) is 5.41. The predicted octanol–water partition coefficient (Wildman–Crippen LogP) is 4.53. The lowest BCUT2D eigenvalue weighted by atomic mass is 10.1. The Morgan fingerprint density at radius 3 is 2.56 bits per heavy atom. The summed E-state index contributed by atoms with van der Waals surface area (Å²) in [4.78, 5) is 27.6. The molecule has 0 saturated carbocycles. The van der Waals surface area contributed by atoms with E-state index in [1.165, 1.54) is 13.1 Å². The molecule has 4 nitrogen and oxygen atoms in total. The van der Waals surface area contributed by atoms with Crippen LogP contribution in [0.25, 0.3) is 10.9 Å². The molecule has 0 fully saturated rings. The normalized spacial score (nSPS) is 12.2. The standard InChI is InChI=1S/C18H12ClF2NO3/c1-9(17(23)12-8-22-16-5-3-2-4-10(12)16)25-18(24)11-6-14(20)15(21)7-13(11)19/h2-9,22H,1H3/t9-/m0/s1. The Kier molecular flexibility index (Phi) is 4.55. The van der Waals surface area contributed by atoms with Crippen LogP contribution in [0.2, 0.25) is 5.02 Å². The van der Waals surface area contributed by atoms with Gasteiger partial charge in [0.2, 0.25) is 5.78 Å². The van der Waals surface area contributed by atoms with Crippen LogP contribution in [0.1, 0.15) is 27.6 Å². The fraction of sp³-hybridized carbons (Fsp3) is 0.111. The Labute approximate surface area is 146 Å². The molecule has 1 heterocycles. The summed E-state index contributed by atoms with van der Waals surface area (Å²) in [5.41, 5.74) is 0.791. The molecule has 0 aliphatic rings. The lowest BCUT2D eigenvalue weighted by molar-refractivity contribution is 0.0319. The summed E-state index contributed by atoms with van der Waals surface area (Å²) in [6, 6.07) is 8.50. The second-order valence-corrected chi connectivity index (χ2v) is 5.81. The van der Waals surface area contributed by atoms with Crippen molar-refractivity contribution in [2.45, 2.75) is 13.0 Å². The van der Waals surface area contributed by atoms with Gasteiger partial charge in [-0.05, 0) is 25.1 Å². The topological polar surface area (TPSA) is 59.2 Å². The molecular weight excluding hydrogens is 352 g/mol. The first-order valence-corrected chi connectivity index (χ1v) is 7.72. The molecule has 7 heteroatoms. The summed E-state index contributed by atoms with van der Waals surface area (Å²) in [5.74, 6) is -3.84. The molecule has 0 unspecified atom stereocenters. The largest absolute Gasteiger partial charge is 0.451 e. The number of ether oxygens (including phenoxy) is 1. The first-order valence-electron chi connectivity index (χ1n) is 7.34. The number of carbonyl (C=O) groups excluding carboxylic acids is 2. The molecular formula is C18H12ClF2NO3. The molecule has 0 bridgehead atoms. The average Bonchev–Trinajstić information content (AvgIpc) is 3.01. The van der Waals surface area contributed by atoms with Gasteiger partial charge in [0, 0.05) is 22.7 Å². The summed E-state index contributed by atoms with van der Waals surface area (Å²) in [5, 5.41) is 0.400. The fourth-order valence-corrected chi connectivity index (χ4v) is 2.68. The highest BCUT2D eigenvalue weighted by Gasteiger charge is 2.24. The summed E-state index contributed by atoms with van der Waals surface area (Å²) >= 11 is 5.74. The number of H-pyrrole nitrogens is 1. The van der Waals surface area contributed by atoms with E-state index in [-0.39, 0.29) is 10.6 Å². The number of fused-ring (bicyclic) bond motifs is 1. The summed E-state index contributed by atoms with van der Waals surface area (Å²) < 4.78 is 31.5.